The molecule has 2 aliphatic rings. The number of hydrogen-bond donors (Lipinski definition) is 1. The molecule has 156 valence electrons. The minimum Gasteiger partial charge on any atom is -0.403 e. The summed E-state index contributed by atoms with van der Waals surface area (Å²) in [5.74, 6) is 0. The Balaban J connectivity index is 1.79. The lowest BCUT2D eigenvalue weighted by Crippen LogP contribution is -2.69. The van der Waals surface area contributed by atoms with E-state index in [4.69, 9.17) is 9.26 Å². The highest BCUT2D eigenvalue weighted by atomic mass is 28.4. The zero-order chi connectivity index (χ0) is 20.5. The molecule has 2 heterocycles. The number of rotatable bonds is 5. The molecule has 4 rings (SSSR count). The molecule has 2 aliphatic heterocycles. The van der Waals surface area contributed by atoms with E-state index >= 15 is 0 Å². The van der Waals surface area contributed by atoms with Crippen molar-refractivity contribution in [1.29, 1.82) is 0 Å². The zero-order valence-electron chi connectivity index (χ0n) is 17.8. The summed E-state index contributed by atoms with van der Waals surface area (Å²) in [5.41, 5.74) is 0. The molecule has 5 heteroatoms. The Labute approximate surface area is 175 Å². The van der Waals surface area contributed by atoms with Gasteiger partial charge in [-0.1, -0.05) is 81.4 Å². The van der Waals surface area contributed by atoms with E-state index in [1.54, 1.807) is 0 Å². The van der Waals surface area contributed by atoms with E-state index in [2.05, 4.69) is 86.5 Å². The molecule has 2 aromatic carbocycles. The number of aliphatic hydroxyl groups excluding tert-OH is 1. The van der Waals surface area contributed by atoms with Crippen molar-refractivity contribution in [3.63, 3.8) is 0 Å². The highest BCUT2D eigenvalue weighted by Crippen LogP contribution is 2.40. The van der Waals surface area contributed by atoms with Gasteiger partial charge in [-0.05, 0) is 34.7 Å². The summed E-state index contributed by atoms with van der Waals surface area (Å²) in [7, 11) is -2.57. The number of hydroxylamine groups is 2. The van der Waals surface area contributed by atoms with Gasteiger partial charge in [0, 0.05) is 6.54 Å². The third kappa shape index (κ3) is 3.82. The molecule has 0 unspecified atom stereocenters. The van der Waals surface area contributed by atoms with Crippen molar-refractivity contribution < 1.29 is 14.4 Å². The van der Waals surface area contributed by atoms with Crippen molar-refractivity contribution in [3.05, 3.63) is 60.7 Å². The van der Waals surface area contributed by atoms with E-state index in [0.29, 0.717) is 0 Å². The first-order valence-corrected chi connectivity index (χ1v) is 12.7. The Morgan fingerprint density at radius 1 is 1.03 bits per heavy atom. The molecule has 3 atom stereocenters. The van der Waals surface area contributed by atoms with Crippen LogP contribution >= 0.6 is 0 Å². The number of hydrogen-bond acceptors (Lipinski definition) is 4. The lowest BCUT2D eigenvalue weighted by atomic mass is 9.97. The maximum absolute atomic E-state index is 9.63. The summed E-state index contributed by atoms with van der Waals surface area (Å²) in [5, 5.41) is 14.3. The maximum atomic E-state index is 9.63. The van der Waals surface area contributed by atoms with Crippen molar-refractivity contribution in [2.45, 2.75) is 63.3 Å². The minimum atomic E-state index is -2.57. The van der Waals surface area contributed by atoms with Gasteiger partial charge in [0.25, 0.3) is 8.32 Å². The second-order valence-electron chi connectivity index (χ2n) is 9.32. The number of benzene rings is 2. The monoisotopic (exact) mass is 411 g/mol. The molecule has 2 aromatic rings. The van der Waals surface area contributed by atoms with Gasteiger partial charge in [0.1, 0.15) is 6.10 Å². The van der Waals surface area contributed by atoms with E-state index in [0.717, 1.165) is 25.8 Å². The highest BCUT2D eigenvalue weighted by molar-refractivity contribution is 6.99. The van der Waals surface area contributed by atoms with Crippen LogP contribution in [0.15, 0.2) is 60.7 Å². The molecular weight excluding hydrogens is 378 g/mol. The molecule has 0 amide bonds. The molecule has 0 aromatic heterocycles. The molecule has 2 saturated heterocycles. The summed E-state index contributed by atoms with van der Waals surface area (Å²) in [6, 6.07) is 21.9. The van der Waals surface area contributed by atoms with Crippen molar-refractivity contribution >= 4 is 18.7 Å². The molecule has 0 radical (unpaired) electrons. The number of nitrogens with zero attached hydrogens (tertiary/aromatic N) is 1. The summed E-state index contributed by atoms with van der Waals surface area (Å²) in [6.45, 7) is 7.95. The largest absolute Gasteiger partial charge is 0.403 e. The molecular formula is C24H33NO3Si. The third-order valence-electron chi connectivity index (χ3n) is 6.40. The minimum absolute atomic E-state index is 0.0339. The van der Waals surface area contributed by atoms with Gasteiger partial charge in [0.05, 0.1) is 18.8 Å². The van der Waals surface area contributed by atoms with Crippen LogP contribution in [0.2, 0.25) is 5.04 Å². The first kappa shape index (κ1) is 20.8. The van der Waals surface area contributed by atoms with Gasteiger partial charge in [0.15, 0.2) is 0 Å². The van der Waals surface area contributed by atoms with Crippen LogP contribution in [0.25, 0.3) is 0 Å². The first-order chi connectivity index (χ1) is 14.0. The summed E-state index contributed by atoms with van der Waals surface area (Å²) in [6.07, 6.45) is 2.92. The molecule has 0 saturated carbocycles. The normalized spacial score (nSPS) is 25.7. The lowest BCUT2D eigenvalue weighted by molar-refractivity contribution is -0.192. The SMILES string of the molecule is CC(C)(C)[Si](O[C@H]1CCCN2O[C@H](CO)C[C@H]12)(c1ccccc1)c1ccccc1. The van der Waals surface area contributed by atoms with E-state index in [9.17, 15) is 5.11 Å². The van der Waals surface area contributed by atoms with Gasteiger partial charge >= 0.3 is 0 Å². The van der Waals surface area contributed by atoms with Crippen LogP contribution < -0.4 is 10.4 Å². The van der Waals surface area contributed by atoms with Crippen molar-refractivity contribution in [1.82, 2.24) is 5.06 Å². The number of aliphatic hydroxyl groups is 1. The topological polar surface area (TPSA) is 41.9 Å². The fourth-order valence-electron chi connectivity index (χ4n) is 5.06. The van der Waals surface area contributed by atoms with Crippen molar-refractivity contribution in [2.75, 3.05) is 13.2 Å². The van der Waals surface area contributed by atoms with Crippen LogP contribution in [0.4, 0.5) is 0 Å². The second-order valence-corrected chi connectivity index (χ2v) is 13.6. The predicted molar refractivity (Wildman–Crippen MR) is 119 cm³/mol. The molecule has 1 N–H and O–H groups in total. The van der Waals surface area contributed by atoms with Crippen LogP contribution in [0.1, 0.15) is 40.0 Å². The summed E-state index contributed by atoms with van der Waals surface area (Å²) >= 11 is 0. The van der Waals surface area contributed by atoms with E-state index in [1.807, 2.05) is 0 Å². The van der Waals surface area contributed by atoms with Crippen LogP contribution in [-0.2, 0) is 9.26 Å². The van der Waals surface area contributed by atoms with Gasteiger partial charge in [-0.15, -0.1) is 0 Å². The Bertz CT molecular complexity index is 753. The fraction of sp³-hybridized carbons (Fsp3) is 0.500. The van der Waals surface area contributed by atoms with Crippen molar-refractivity contribution in [3.8, 4) is 0 Å². The van der Waals surface area contributed by atoms with Crippen LogP contribution in [0, 0.1) is 0 Å². The van der Waals surface area contributed by atoms with Gasteiger partial charge in [-0.25, -0.2) is 0 Å². The van der Waals surface area contributed by atoms with Gasteiger partial charge in [-0.3, -0.25) is 4.84 Å². The highest BCUT2D eigenvalue weighted by Gasteiger charge is 2.53. The summed E-state index contributed by atoms with van der Waals surface area (Å²) < 4.78 is 7.36. The smallest absolute Gasteiger partial charge is 0.261 e. The average molecular weight is 412 g/mol. The fourth-order valence-corrected chi connectivity index (χ4v) is 9.80. The maximum Gasteiger partial charge on any atom is 0.261 e. The Kier molecular flexibility index (Phi) is 5.96. The van der Waals surface area contributed by atoms with Gasteiger partial charge in [-0.2, -0.15) is 5.06 Å². The van der Waals surface area contributed by atoms with Crippen LogP contribution in [0.3, 0.4) is 0 Å². The van der Waals surface area contributed by atoms with E-state index < -0.39 is 8.32 Å². The van der Waals surface area contributed by atoms with E-state index in [-0.39, 0.29) is 29.9 Å². The lowest BCUT2D eigenvalue weighted by Gasteiger charge is -2.48. The molecule has 4 nitrogen and oxygen atoms in total. The Morgan fingerprint density at radius 3 is 2.14 bits per heavy atom. The number of piperidine rings is 1. The Morgan fingerprint density at radius 2 is 1.62 bits per heavy atom. The molecule has 0 aliphatic carbocycles. The van der Waals surface area contributed by atoms with Gasteiger partial charge < -0.3 is 9.53 Å². The molecule has 0 bridgehead atoms. The summed E-state index contributed by atoms with van der Waals surface area (Å²) in [4.78, 5) is 5.98. The van der Waals surface area contributed by atoms with Crippen LogP contribution in [0.5, 0.6) is 0 Å². The molecule has 29 heavy (non-hydrogen) atoms. The van der Waals surface area contributed by atoms with E-state index in [1.165, 1.54) is 10.4 Å². The predicted octanol–water partition coefficient (Wildman–Crippen LogP) is 3.09. The molecule has 2 fully saturated rings. The number of fused-ring (bicyclic) bond motifs is 1. The van der Waals surface area contributed by atoms with Gasteiger partial charge in [0.2, 0.25) is 0 Å². The first-order valence-electron chi connectivity index (χ1n) is 10.8. The molecule has 0 spiro atoms. The standard InChI is InChI=1S/C24H33NO3Si/c1-24(2,3)29(20-11-6-4-7-12-20,21-13-8-5-9-14-21)28-23-15-10-16-25-22(23)17-19(18-26)27-25/h4-9,11-14,19,22-23,26H,10,15-18H2,1-3H3/t19-,22+,23-/m0/s1. The average Bonchev–Trinajstić information content (AvgIpc) is 3.16. The third-order valence-corrected chi connectivity index (χ3v) is 11.5. The second kappa shape index (κ2) is 8.32. The van der Waals surface area contributed by atoms with Crippen LogP contribution in [-0.4, -0.2) is 49.9 Å². The Hall–Kier alpha value is -1.50. The van der Waals surface area contributed by atoms with Crippen molar-refractivity contribution in [2.24, 2.45) is 0 Å². The zero-order valence-corrected chi connectivity index (χ0v) is 18.8. The quantitative estimate of drug-likeness (QED) is 0.768.